The number of nitrogen functional groups attached to an aromatic ring is 1. The molecule has 0 spiro atoms. The molecule has 1 heterocycles. The zero-order chi connectivity index (χ0) is 10.7. The van der Waals surface area contributed by atoms with Gasteiger partial charge >= 0.3 is 0 Å². The molecule has 76 valence electrons. The Balaban J connectivity index is 2.87. The van der Waals surface area contributed by atoms with Gasteiger partial charge in [-0.05, 0) is 24.8 Å². The van der Waals surface area contributed by atoms with E-state index in [0.29, 0.717) is 11.6 Å². The normalized spacial score (nSPS) is 10.5. The van der Waals surface area contributed by atoms with Crippen molar-refractivity contribution in [1.29, 1.82) is 5.26 Å². The Kier molecular flexibility index (Phi) is 3.19. The fourth-order valence-corrected chi connectivity index (χ4v) is 1.51. The van der Waals surface area contributed by atoms with Crippen LogP contribution in [-0.4, -0.2) is 4.57 Å². The molecule has 0 bridgehead atoms. The Hall–Kier alpha value is -1.43. The van der Waals surface area contributed by atoms with Crippen molar-refractivity contribution in [2.75, 3.05) is 5.73 Å². The Morgan fingerprint density at radius 1 is 1.57 bits per heavy atom. The average Bonchev–Trinajstić information content (AvgIpc) is 2.39. The van der Waals surface area contributed by atoms with Gasteiger partial charge in [-0.2, -0.15) is 5.26 Å². The summed E-state index contributed by atoms with van der Waals surface area (Å²) >= 11 is 0. The van der Waals surface area contributed by atoms with E-state index in [0.717, 1.165) is 24.2 Å². The van der Waals surface area contributed by atoms with Gasteiger partial charge in [0.15, 0.2) is 0 Å². The maximum atomic E-state index is 8.81. The van der Waals surface area contributed by atoms with E-state index in [-0.39, 0.29) is 0 Å². The summed E-state index contributed by atoms with van der Waals surface area (Å²) in [4.78, 5) is 0. The fraction of sp³-hybridized carbons (Fsp3) is 0.545. The van der Waals surface area contributed by atoms with Crippen molar-refractivity contribution in [3.63, 3.8) is 0 Å². The number of hydrogen-bond acceptors (Lipinski definition) is 2. The van der Waals surface area contributed by atoms with Gasteiger partial charge in [-0.15, -0.1) is 0 Å². The van der Waals surface area contributed by atoms with Crippen LogP contribution in [-0.2, 0) is 13.5 Å². The average molecular weight is 191 g/mol. The van der Waals surface area contributed by atoms with Crippen LogP contribution in [0.2, 0.25) is 0 Å². The smallest absolute Gasteiger partial charge is 0.122 e. The van der Waals surface area contributed by atoms with E-state index >= 15 is 0 Å². The SMILES string of the molecule is CC(C)CCc1c(N)cc(C#N)n1C. The van der Waals surface area contributed by atoms with Gasteiger partial charge in [0.2, 0.25) is 0 Å². The van der Waals surface area contributed by atoms with Gasteiger partial charge < -0.3 is 10.3 Å². The Labute approximate surface area is 85.1 Å². The number of nitriles is 1. The molecule has 0 aliphatic carbocycles. The highest BCUT2D eigenvalue weighted by Gasteiger charge is 2.09. The highest BCUT2D eigenvalue weighted by Crippen LogP contribution is 2.19. The third-order valence-corrected chi connectivity index (χ3v) is 2.46. The third-order valence-electron chi connectivity index (χ3n) is 2.46. The fourth-order valence-electron chi connectivity index (χ4n) is 1.51. The van der Waals surface area contributed by atoms with Crippen LogP contribution in [0.25, 0.3) is 0 Å². The Bertz CT molecular complexity index is 355. The first kappa shape index (κ1) is 10.6. The van der Waals surface area contributed by atoms with Gasteiger partial charge in [-0.25, -0.2) is 0 Å². The summed E-state index contributed by atoms with van der Waals surface area (Å²) in [6.07, 6.45) is 2.05. The highest BCUT2D eigenvalue weighted by atomic mass is 15.0. The molecule has 1 aromatic rings. The van der Waals surface area contributed by atoms with Crippen molar-refractivity contribution in [2.24, 2.45) is 13.0 Å². The molecule has 0 atom stereocenters. The first-order chi connectivity index (χ1) is 6.56. The van der Waals surface area contributed by atoms with Gasteiger partial charge in [0.1, 0.15) is 11.8 Å². The Morgan fingerprint density at radius 2 is 2.21 bits per heavy atom. The summed E-state index contributed by atoms with van der Waals surface area (Å²) in [5, 5.41) is 8.81. The summed E-state index contributed by atoms with van der Waals surface area (Å²) in [5.41, 5.74) is 8.29. The van der Waals surface area contributed by atoms with Crippen LogP contribution in [0.15, 0.2) is 6.07 Å². The third kappa shape index (κ3) is 2.08. The number of rotatable bonds is 3. The minimum absolute atomic E-state index is 0.640. The molecule has 0 fully saturated rings. The number of hydrogen-bond donors (Lipinski definition) is 1. The van der Waals surface area contributed by atoms with E-state index in [2.05, 4.69) is 19.9 Å². The zero-order valence-electron chi connectivity index (χ0n) is 9.04. The summed E-state index contributed by atoms with van der Waals surface area (Å²) in [6, 6.07) is 3.87. The molecule has 0 unspecified atom stereocenters. The van der Waals surface area contributed by atoms with Gasteiger partial charge in [0.05, 0.1) is 5.69 Å². The van der Waals surface area contributed by atoms with Crippen molar-refractivity contribution < 1.29 is 0 Å². The topological polar surface area (TPSA) is 54.7 Å². The molecular weight excluding hydrogens is 174 g/mol. The maximum absolute atomic E-state index is 8.81. The number of nitrogens with zero attached hydrogens (tertiary/aromatic N) is 2. The molecule has 0 saturated heterocycles. The molecule has 0 aliphatic rings. The largest absolute Gasteiger partial charge is 0.397 e. The van der Waals surface area contributed by atoms with Crippen LogP contribution >= 0.6 is 0 Å². The molecule has 0 amide bonds. The van der Waals surface area contributed by atoms with Crippen LogP contribution in [0, 0.1) is 17.2 Å². The van der Waals surface area contributed by atoms with Gasteiger partial charge in [0, 0.05) is 12.7 Å². The van der Waals surface area contributed by atoms with Crippen LogP contribution in [0.3, 0.4) is 0 Å². The van der Waals surface area contributed by atoms with E-state index in [1.807, 2.05) is 11.6 Å². The Morgan fingerprint density at radius 3 is 2.64 bits per heavy atom. The lowest BCUT2D eigenvalue weighted by atomic mass is 10.1. The van der Waals surface area contributed by atoms with Crippen molar-refractivity contribution in [1.82, 2.24) is 4.57 Å². The lowest BCUT2D eigenvalue weighted by Crippen LogP contribution is -2.03. The number of anilines is 1. The second-order valence-corrected chi connectivity index (χ2v) is 4.03. The van der Waals surface area contributed by atoms with E-state index < -0.39 is 0 Å². The van der Waals surface area contributed by atoms with E-state index in [4.69, 9.17) is 11.0 Å². The number of nitrogens with two attached hydrogens (primary N) is 1. The molecule has 2 N–H and O–H groups in total. The van der Waals surface area contributed by atoms with E-state index in [1.165, 1.54) is 0 Å². The molecule has 1 aromatic heterocycles. The van der Waals surface area contributed by atoms with Crippen molar-refractivity contribution in [3.05, 3.63) is 17.5 Å². The first-order valence-electron chi connectivity index (χ1n) is 4.90. The minimum atomic E-state index is 0.640. The molecule has 0 aliphatic heterocycles. The molecule has 3 nitrogen and oxygen atoms in total. The lowest BCUT2D eigenvalue weighted by Gasteiger charge is -2.07. The molecule has 0 aromatic carbocycles. The number of aromatic nitrogens is 1. The monoisotopic (exact) mass is 191 g/mol. The summed E-state index contributed by atoms with van der Waals surface area (Å²) < 4.78 is 1.89. The summed E-state index contributed by atoms with van der Waals surface area (Å²) in [5.74, 6) is 0.662. The predicted octanol–water partition coefficient (Wildman–Crippen LogP) is 2.07. The minimum Gasteiger partial charge on any atom is -0.397 e. The van der Waals surface area contributed by atoms with Crippen molar-refractivity contribution in [2.45, 2.75) is 26.7 Å². The lowest BCUT2D eigenvalue weighted by molar-refractivity contribution is 0.573. The summed E-state index contributed by atoms with van der Waals surface area (Å²) in [7, 11) is 1.89. The second-order valence-electron chi connectivity index (χ2n) is 4.03. The molecule has 14 heavy (non-hydrogen) atoms. The van der Waals surface area contributed by atoms with Crippen LogP contribution < -0.4 is 5.73 Å². The quantitative estimate of drug-likeness (QED) is 0.795. The van der Waals surface area contributed by atoms with Gasteiger partial charge in [0.25, 0.3) is 0 Å². The molecule has 0 radical (unpaired) electrons. The van der Waals surface area contributed by atoms with Gasteiger partial charge in [-0.1, -0.05) is 13.8 Å². The van der Waals surface area contributed by atoms with Gasteiger partial charge in [-0.3, -0.25) is 0 Å². The molecule has 3 heteroatoms. The van der Waals surface area contributed by atoms with E-state index in [9.17, 15) is 0 Å². The molecular formula is C11H17N3. The maximum Gasteiger partial charge on any atom is 0.122 e. The summed E-state index contributed by atoms with van der Waals surface area (Å²) in [6.45, 7) is 4.37. The zero-order valence-corrected chi connectivity index (χ0v) is 9.04. The standard InChI is InChI=1S/C11H17N3/c1-8(2)4-5-11-10(13)6-9(7-12)14(11)3/h6,8H,4-5,13H2,1-3H3. The van der Waals surface area contributed by atoms with Crippen LogP contribution in [0.4, 0.5) is 5.69 Å². The first-order valence-corrected chi connectivity index (χ1v) is 4.90. The van der Waals surface area contributed by atoms with Crippen LogP contribution in [0.5, 0.6) is 0 Å². The predicted molar refractivity (Wildman–Crippen MR) is 57.7 cm³/mol. The van der Waals surface area contributed by atoms with Crippen molar-refractivity contribution in [3.8, 4) is 6.07 Å². The van der Waals surface area contributed by atoms with Crippen LogP contribution in [0.1, 0.15) is 31.7 Å². The highest BCUT2D eigenvalue weighted by molar-refractivity contribution is 5.50. The second kappa shape index (κ2) is 4.19. The molecule has 1 rings (SSSR count). The molecule has 0 saturated carbocycles. The van der Waals surface area contributed by atoms with E-state index in [1.54, 1.807) is 6.07 Å². The van der Waals surface area contributed by atoms with Crippen molar-refractivity contribution >= 4 is 5.69 Å².